The van der Waals surface area contributed by atoms with Gasteiger partial charge in [-0.3, -0.25) is 0 Å². The third-order valence-corrected chi connectivity index (χ3v) is 5.05. The van der Waals surface area contributed by atoms with E-state index >= 15 is 0 Å². The Bertz CT molecular complexity index is 1220. The molecule has 7 heteroatoms. The highest BCUT2D eigenvalue weighted by atomic mass is 35.5. The van der Waals surface area contributed by atoms with Gasteiger partial charge in [0.1, 0.15) is 12.4 Å². The van der Waals surface area contributed by atoms with Crippen molar-refractivity contribution in [1.29, 1.82) is 0 Å². The topological polar surface area (TPSA) is 57.1 Å². The van der Waals surface area contributed by atoms with Crippen LogP contribution < -0.4 is 9.47 Å². The maximum atomic E-state index is 13.1. The summed E-state index contributed by atoms with van der Waals surface area (Å²) < 4.78 is 29.7. The fourth-order valence-corrected chi connectivity index (χ4v) is 3.36. The normalized spacial score (nSPS) is 14.3. The third-order valence-electron chi connectivity index (χ3n) is 4.77. The lowest BCUT2D eigenvalue weighted by Gasteiger charge is -2.13. The number of hydrogen-bond donors (Lipinski definition) is 0. The van der Waals surface area contributed by atoms with Crippen molar-refractivity contribution in [1.82, 2.24) is 0 Å². The van der Waals surface area contributed by atoms with Gasteiger partial charge in [0.25, 0.3) is 0 Å². The van der Waals surface area contributed by atoms with Gasteiger partial charge >= 0.3 is 5.97 Å². The molecule has 3 aromatic rings. The van der Waals surface area contributed by atoms with Crippen molar-refractivity contribution in [2.45, 2.75) is 13.5 Å². The van der Waals surface area contributed by atoms with Gasteiger partial charge in [-0.05, 0) is 60.5 Å². The Labute approximate surface area is 189 Å². The van der Waals surface area contributed by atoms with Gasteiger partial charge in [0.15, 0.2) is 17.2 Å². The molecule has 0 radical (unpaired) electrons. The van der Waals surface area contributed by atoms with Crippen LogP contribution in [0.5, 0.6) is 11.5 Å². The number of aryl methyl sites for hydroxylation is 1. The van der Waals surface area contributed by atoms with Crippen molar-refractivity contribution in [3.05, 3.63) is 99.5 Å². The lowest BCUT2D eigenvalue weighted by Crippen LogP contribution is -2.05. The molecule has 0 saturated carbocycles. The van der Waals surface area contributed by atoms with Crippen molar-refractivity contribution in [2.24, 2.45) is 4.99 Å². The molecular formula is C25H19ClFNO4. The molecule has 1 heterocycles. The molecule has 0 saturated heterocycles. The van der Waals surface area contributed by atoms with Gasteiger partial charge < -0.3 is 14.2 Å². The predicted octanol–water partition coefficient (Wildman–Crippen LogP) is 5.72. The summed E-state index contributed by atoms with van der Waals surface area (Å²) in [5.41, 5.74) is 3.34. The molecule has 162 valence electrons. The van der Waals surface area contributed by atoms with E-state index in [1.165, 1.54) is 37.5 Å². The van der Waals surface area contributed by atoms with Gasteiger partial charge in [0.2, 0.25) is 5.90 Å². The molecule has 0 fully saturated rings. The van der Waals surface area contributed by atoms with Crippen molar-refractivity contribution in [2.75, 3.05) is 7.11 Å². The number of cyclic esters (lactones) is 1. The number of methoxy groups -OCH3 is 1. The largest absolute Gasteiger partial charge is 0.493 e. The number of rotatable bonds is 6. The standard InChI is InChI=1S/C25H19ClFNO4/c1-15-3-5-16(6-4-15)14-31-23-20(26)11-17(13-22(23)30-2)12-21-25(29)32-24(28-21)18-7-9-19(27)10-8-18/h3-13H,14H2,1-2H3. The molecule has 1 aliphatic heterocycles. The average Bonchev–Trinajstić information content (AvgIpc) is 3.14. The summed E-state index contributed by atoms with van der Waals surface area (Å²) in [6.45, 7) is 2.35. The van der Waals surface area contributed by atoms with Gasteiger partial charge in [-0.2, -0.15) is 0 Å². The molecule has 0 bridgehead atoms. The van der Waals surface area contributed by atoms with Crippen LogP contribution in [0, 0.1) is 12.7 Å². The summed E-state index contributed by atoms with van der Waals surface area (Å²) >= 11 is 6.44. The zero-order valence-electron chi connectivity index (χ0n) is 17.4. The molecule has 0 amide bonds. The minimum atomic E-state index is -0.612. The fraction of sp³-hybridized carbons (Fsp3) is 0.120. The van der Waals surface area contributed by atoms with Crippen molar-refractivity contribution in [3.63, 3.8) is 0 Å². The van der Waals surface area contributed by atoms with Crippen LogP contribution in [-0.2, 0) is 16.1 Å². The van der Waals surface area contributed by atoms with Crippen molar-refractivity contribution in [3.8, 4) is 11.5 Å². The summed E-state index contributed by atoms with van der Waals surface area (Å²) in [6.07, 6.45) is 1.54. The van der Waals surface area contributed by atoms with E-state index < -0.39 is 5.97 Å². The third kappa shape index (κ3) is 4.81. The minimum absolute atomic E-state index is 0.0933. The van der Waals surface area contributed by atoms with E-state index in [4.69, 9.17) is 25.8 Å². The maximum absolute atomic E-state index is 13.1. The van der Waals surface area contributed by atoms with E-state index in [1.54, 1.807) is 12.1 Å². The van der Waals surface area contributed by atoms with Gasteiger partial charge in [-0.1, -0.05) is 41.4 Å². The van der Waals surface area contributed by atoms with E-state index in [2.05, 4.69) is 4.99 Å². The Morgan fingerprint density at radius 1 is 1.09 bits per heavy atom. The van der Waals surface area contributed by atoms with Gasteiger partial charge in [0.05, 0.1) is 12.1 Å². The number of carbonyl (C=O) groups excluding carboxylic acids is 1. The molecule has 0 N–H and O–H groups in total. The second-order valence-electron chi connectivity index (χ2n) is 7.15. The van der Waals surface area contributed by atoms with E-state index in [1.807, 2.05) is 31.2 Å². The van der Waals surface area contributed by atoms with Gasteiger partial charge in [-0.15, -0.1) is 0 Å². The van der Waals surface area contributed by atoms with Crippen molar-refractivity contribution >= 4 is 29.5 Å². The first-order chi connectivity index (χ1) is 15.4. The predicted molar refractivity (Wildman–Crippen MR) is 121 cm³/mol. The molecule has 4 rings (SSSR count). The van der Waals surface area contributed by atoms with Crippen molar-refractivity contribution < 1.29 is 23.4 Å². The quantitative estimate of drug-likeness (QED) is 0.355. The summed E-state index contributed by atoms with van der Waals surface area (Å²) in [7, 11) is 1.51. The van der Waals surface area contributed by atoms with Gasteiger partial charge in [-0.25, -0.2) is 14.2 Å². The highest BCUT2D eigenvalue weighted by Gasteiger charge is 2.24. The number of benzene rings is 3. The molecule has 0 spiro atoms. The molecule has 0 aromatic heterocycles. The number of hydrogen-bond acceptors (Lipinski definition) is 5. The van der Waals surface area contributed by atoms with Crippen LogP contribution in [-0.4, -0.2) is 19.0 Å². The van der Waals surface area contributed by atoms with E-state index in [0.29, 0.717) is 34.3 Å². The molecule has 5 nitrogen and oxygen atoms in total. The molecule has 0 unspecified atom stereocenters. The number of esters is 1. The molecule has 0 aliphatic carbocycles. The van der Waals surface area contributed by atoms with E-state index in [0.717, 1.165) is 11.1 Å². The summed E-state index contributed by atoms with van der Waals surface area (Å²) in [6, 6.07) is 16.9. The number of aliphatic imine (C=N–C) groups is 1. The van der Waals surface area contributed by atoms with Crippen LogP contribution in [0.4, 0.5) is 4.39 Å². The Morgan fingerprint density at radius 2 is 1.81 bits per heavy atom. The number of carbonyl (C=O) groups is 1. The molecule has 0 atom stereocenters. The van der Waals surface area contributed by atoms with Crippen LogP contribution >= 0.6 is 11.6 Å². The zero-order chi connectivity index (χ0) is 22.7. The van der Waals surface area contributed by atoms with E-state index in [9.17, 15) is 9.18 Å². The Morgan fingerprint density at radius 3 is 2.50 bits per heavy atom. The Balaban J connectivity index is 1.58. The summed E-state index contributed by atoms with van der Waals surface area (Å²) in [5, 5.41) is 0.331. The molecular weight excluding hydrogens is 433 g/mol. The lowest BCUT2D eigenvalue weighted by molar-refractivity contribution is -0.129. The lowest BCUT2D eigenvalue weighted by atomic mass is 10.1. The van der Waals surface area contributed by atoms with Crippen LogP contribution in [0.25, 0.3) is 6.08 Å². The first-order valence-corrected chi connectivity index (χ1v) is 10.1. The van der Waals surface area contributed by atoms with Crippen LogP contribution in [0.3, 0.4) is 0 Å². The highest BCUT2D eigenvalue weighted by molar-refractivity contribution is 6.32. The fourth-order valence-electron chi connectivity index (χ4n) is 3.09. The first kappa shape index (κ1) is 21.6. The average molecular weight is 452 g/mol. The SMILES string of the molecule is COc1cc(C=C2N=C(c3ccc(F)cc3)OC2=O)cc(Cl)c1OCc1ccc(C)cc1. The van der Waals surface area contributed by atoms with Crippen LogP contribution in [0.1, 0.15) is 22.3 Å². The second kappa shape index (κ2) is 9.24. The first-order valence-electron chi connectivity index (χ1n) is 9.77. The Hall–Kier alpha value is -3.64. The number of nitrogens with zero attached hydrogens (tertiary/aromatic N) is 1. The summed E-state index contributed by atoms with van der Waals surface area (Å²) in [5.74, 6) is -0.0655. The smallest absolute Gasteiger partial charge is 0.363 e. The van der Waals surface area contributed by atoms with Gasteiger partial charge in [0, 0.05) is 5.56 Å². The Kier molecular flexibility index (Phi) is 6.23. The number of halogens is 2. The monoisotopic (exact) mass is 451 g/mol. The highest BCUT2D eigenvalue weighted by Crippen LogP contribution is 2.38. The maximum Gasteiger partial charge on any atom is 0.363 e. The zero-order valence-corrected chi connectivity index (χ0v) is 18.2. The second-order valence-corrected chi connectivity index (χ2v) is 7.56. The molecule has 32 heavy (non-hydrogen) atoms. The van der Waals surface area contributed by atoms with Crippen LogP contribution in [0.2, 0.25) is 5.02 Å². The number of ether oxygens (including phenoxy) is 3. The van der Waals surface area contributed by atoms with Crippen LogP contribution in [0.15, 0.2) is 71.4 Å². The molecule has 1 aliphatic rings. The minimum Gasteiger partial charge on any atom is -0.493 e. The summed E-state index contributed by atoms with van der Waals surface area (Å²) in [4.78, 5) is 16.5. The molecule has 3 aromatic carbocycles. The van der Waals surface area contributed by atoms with E-state index in [-0.39, 0.29) is 17.4 Å².